The zero-order valence-electron chi connectivity index (χ0n) is 14.3. The molecule has 0 amide bonds. The minimum Gasteiger partial charge on any atom is -0.353 e. The number of rotatable bonds is 6. The summed E-state index contributed by atoms with van der Waals surface area (Å²) in [5, 5.41) is 15.5. The molecule has 0 fully saturated rings. The zero-order valence-corrected chi connectivity index (χ0v) is 15.0. The molecule has 1 aromatic carbocycles. The van der Waals surface area contributed by atoms with Crippen LogP contribution in [0.4, 0.5) is 0 Å². The molecule has 0 spiro atoms. The van der Waals surface area contributed by atoms with Gasteiger partial charge in [-0.3, -0.25) is 0 Å². The fourth-order valence-electron chi connectivity index (χ4n) is 2.10. The standard InChI is InChI=1S/C17H23ClN6/c1-5-10-19-17(20-11-16-23-22-13(3)24(16)4)21-12(2)14-6-8-15(18)9-7-14/h5-9,12H,1,10-11H2,2-4H3,(H2,19,20,21). The van der Waals surface area contributed by atoms with Crippen LogP contribution in [0.25, 0.3) is 0 Å². The summed E-state index contributed by atoms with van der Waals surface area (Å²) in [6, 6.07) is 7.84. The molecule has 1 unspecified atom stereocenters. The van der Waals surface area contributed by atoms with E-state index in [1.807, 2.05) is 42.8 Å². The average Bonchev–Trinajstić information content (AvgIpc) is 2.89. The first-order chi connectivity index (χ1) is 11.5. The van der Waals surface area contributed by atoms with Gasteiger partial charge in [-0.2, -0.15) is 0 Å². The average molecular weight is 347 g/mol. The summed E-state index contributed by atoms with van der Waals surface area (Å²) in [4.78, 5) is 4.59. The van der Waals surface area contributed by atoms with Gasteiger partial charge in [0.05, 0.1) is 6.04 Å². The molecular weight excluding hydrogens is 324 g/mol. The predicted molar refractivity (Wildman–Crippen MR) is 98.1 cm³/mol. The van der Waals surface area contributed by atoms with E-state index in [1.54, 1.807) is 6.08 Å². The summed E-state index contributed by atoms with van der Waals surface area (Å²) >= 11 is 5.94. The maximum atomic E-state index is 5.94. The smallest absolute Gasteiger partial charge is 0.192 e. The van der Waals surface area contributed by atoms with Gasteiger partial charge in [0, 0.05) is 18.6 Å². The Balaban J connectivity index is 2.09. The lowest BCUT2D eigenvalue weighted by Crippen LogP contribution is -2.39. The van der Waals surface area contributed by atoms with Gasteiger partial charge in [-0.05, 0) is 31.5 Å². The predicted octanol–water partition coefficient (Wildman–Crippen LogP) is 2.76. The van der Waals surface area contributed by atoms with Crippen LogP contribution >= 0.6 is 11.6 Å². The number of aryl methyl sites for hydroxylation is 1. The van der Waals surface area contributed by atoms with Gasteiger partial charge in [-0.1, -0.05) is 29.8 Å². The topological polar surface area (TPSA) is 67.1 Å². The molecule has 6 nitrogen and oxygen atoms in total. The molecule has 1 aromatic heterocycles. The Bertz CT molecular complexity index is 704. The van der Waals surface area contributed by atoms with Crippen molar-refractivity contribution in [2.45, 2.75) is 26.4 Å². The van der Waals surface area contributed by atoms with E-state index >= 15 is 0 Å². The molecule has 1 atom stereocenters. The highest BCUT2D eigenvalue weighted by atomic mass is 35.5. The first-order valence-electron chi connectivity index (χ1n) is 7.77. The number of benzene rings is 1. The van der Waals surface area contributed by atoms with E-state index in [1.165, 1.54) is 0 Å². The Morgan fingerprint density at radius 1 is 1.38 bits per heavy atom. The summed E-state index contributed by atoms with van der Waals surface area (Å²) in [7, 11) is 1.93. The summed E-state index contributed by atoms with van der Waals surface area (Å²) in [6.07, 6.45) is 1.79. The van der Waals surface area contributed by atoms with Crippen molar-refractivity contribution in [1.29, 1.82) is 0 Å². The third-order valence-electron chi connectivity index (χ3n) is 3.70. The van der Waals surface area contributed by atoms with E-state index in [2.05, 4.69) is 39.3 Å². The van der Waals surface area contributed by atoms with Crippen molar-refractivity contribution < 1.29 is 0 Å². The molecule has 128 valence electrons. The van der Waals surface area contributed by atoms with Crippen LogP contribution in [0.15, 0.2) is 41.9 Å². The molecule has 0 aliphatic heterocycles. The molecule has 0 aliphatic rings. The number of nitrogens with zero attached hydrogens (tertiary/aromatic N) is 4. The fraction of sp³-hybridized carbons (Fsp3) is 0.353. The number of aliphatic imine (C=N–C) groups is 1. The Labute approximate surface area is 147 Å². The van der Waals surface area contributed by atoms with Crippen LogP contribution in [0.2, 0.25) is 5.02 Å². The highest BCUT2D eigenvalue weighted by molar-refractivity contribution is 6.30. The summed E-state index contributed by atoms with van der Waals surface area (Å²) in [5.74, 6) is 2.37. The Kier molecular flexibility index (Phi) is 6.37. The third kappa shape index (κ3) is 4.83. The van der Waals surface area contributed by atoms with E-state index < -0.39 is 0 Å². The van der Waals surface area contributed by atoms with Gasteiger partial charge in [0.15, 0.2) is 11.8 Å². The molecule has 0 saturated carbocycles. The van der Waals surface area contributed by atoms with E-state index in [9.17, 15) is 0 Å². The molecule has 1 heterocycles. The van der Waals surface area contributed by atoms with E-state index in [0.717, 1.165) is 22.2 Å². The number of aromatic nitrogens is 3. The molecule has 2 N–H and O–H groups in total. The van der Waals surface area contributed by atoms with Gasteiger partial charge < -0.3 is 15.2 Å². The molecule has 24 heavy (non-hydrogen) atoms. The minimum atomic E-state index is 0.0829. The second-order valence-corrected chi connectivity index (χ2v) is 5.91. The van der Waals surface area contributed by atoms with Crippen LogP contribution < -0.4 is 10.6 Å². The van der Waals surface area contributed by atoms with Crippen molar-refractivity contribution in [3.8, 4) is 0 Å². The largest absolute Gasteiger partial charge is 0.353 e. The molecule has 0 bridgehead atoms. The molecular formula is C17H23ClN6. The minimum absolute atomic E-state index is 0.0829. The summed E-state index contributed by atoms with van der Waals surface area (Å²) in [5.41, 5.74) is 1.13. The lowest BCUT2D eigenvalue weighted by molar-refractivity contribution is 0.685. The Hall–Kier alpha value is -2.34. The molecule has 2 aromatic rings. The monoisotopic (exact) mass is 346 g/mol. The van der Waals surface area contributed by atoms with Crippen LogP contribution in [0.1, 0.15) is 30.2 Å². The van der Waals surface area contributed by atoms with Crippen molar-refractivity contribution in [3.63, 3.8) is 0 Å². The lowest BCUT2D eigenvalue weighted by atomic mass is 10.1. The Morgan fingerprint density at radius 2 is 2.08 bits per heavy atom. The van der Waals surface area contributed by atoms with E-state index in [0.29, 0.717) is 19.0 Å². The maximum Gasteiger partial charge on any atom is 0.192 e. The van der Waals surface area contributed by atoms with Crippen LogP contribution in [-0.2, 0) is 13.6 Å². The second-order valence-electron chi connectivity index (χ2n) is 5.47. The quantitative estimate of drug-likeness (QED) is 0.479. The Morgan fingerprint density at radius 3 is 2.67 bits per heavy atom. The lowest BCUT2D eigenvalue weighted by Gasteiger charge is -2.18. The number of hydrogen-bond acceptors (Lipinski definition) is 3. The third-order valence-corrected chi connectivity index (χ3v) is 3.95. The van der Waals surface area contributed by atoms with Crippen LogP contribution in [0, 0.1) is 6.92 Å². The first-order valence-corrected chi connectivity index (χ1v) is 8.15. The summed E-state index contributed by atoms with van der Waals surface area (Å²) in [6.45, 7) is 8.78. The highest BCUT2D eigenvalue weighted by Gasteiger charge is 2.09. The van der Waals surface area contributed by atoms with Gasteiger partial charge in [-0.15, -0.1) is 16.8 Å². The fourth-order valence-corrected chi connectivity index (χ4v) is 2.23. The number of guanidine groups is 1. The van der Waals surface area contributed by atoms with Gasteiger partial charge in [0.25, 0.3) is 0 Å². The molecule has 7 heteroatoms. The second kappa shape index (κ2) is 8.49. The molecule has 0 aliphatic carbocycles. The van der Waals surface area contributed by atoms with E-state index in [-0.39, 0.29) is 6.04 Å². The van der Waals surface area contributed by atoms with Crippen molar-refractivity contribution >= 4 is 17.6 Å². The van der Waals surface area contributed by atoms with Crippen LogP contribution in [-0.4, -0.2) is 27.3 Å². The van der Waals surface area contributed by atoms with Crippen molar-refractivity contribution in [3.05, 3.63) is 59.2 Å². The highest BCUT2D eigenvalue weighted by Crippen LogP contribution is 2.15. The molecule has 2 rings (SSSR count). The molecule has 0 saturated heterocycles. The van der Waals surface area contributed by atoms with Gasteiger partial charge >= 0.3 is 0 Å². The molecule has 0 radical (unpaired) electrons. The van der Waals surface area contributed by atoms with Gasteiger partial charge in [0.2, 0.25) is 0 Å². The first kappa shape index (κ1) is 18.0. The number of halogens is 1. The van der Waals surface area contributed by atoms with E-state index in [4.69, 9.17) is 11.6 Å². The normalized spacial score (nSPS) is 12.8. The van der Waals surface area contributed by atoms with Crippen molar-refractivity contribution in [2.75, 3.05) is 6.54 Å². The maximum absolute atomic E-state index is 5.94. The number of hydrogen-bond donors (Lipinski definition) is 2. The van der Waals surface area contributed by atoms with Gasteiger partial charge in [0.1, 0.15) is 12.4 Å². The van der Waals surface area contributed by atoms with Crippen LogP contribution in [0.3, 0.4) is 0 Å². The zero-order chi connectivity index (χ0) is 17.5. The van der Waals surface area contributed by atoms with Crippen molar-refractivity contribution in [2.24, 2.45) is 12.0 Å². The number of nitrogens with one attached hydrogen (secondary N) is 2. The summed E-state index contributed by atoms with van der Waals surface area (Å²) < 4.78 is 1.93. The van der Waals surface area contributed by atoms with Gasteiger partial charge in [-0.25, -0.2) is 4.99 Å². The SMILES string of the molecule is C=CCNC(=NCc1nnc(C)n1C)NC(C)c1ccc(Cl)cc1. The van der Waals surface area contributed by atoms with Crippen molar-refractivity contribution in [1.82, 2.24) is 25.4 Å². The van der Waals surface area contributed by atoms with Crippen LogP contribution in [0.5, 0.6) is 0 Å².